The van der Waals surface area contributed by atoms with E-state index in [1.165, 1.54) is 12.1 Å². The molecule has 5 N–H and O–H groups in total. The van der Waals surface area contributed by atoms with Crippen LogP contribution >= 0.6 is 0 Å². The van der Waals surface area contributed by atoms with Crippen LogP contribution in [0, 0.1) is 0 Å². The maximum atomic E-state index is 12.4. The standard InChI is InChI=1S/C19H24N2O5/c1-19(21-20,13-14-8-9-16(22)17(23)12-14)18(24)26-11-5-10-25-15-6-3-2-4-7-15/h2-4,6-9,12,21-23H,5,10-11,13,20H2,1H3. The Balaban J connectivity index is 1.81. The highest BCUT2D eigenvalue weighted by molar-refractivity contribution is 5.80. The van der Waals surface area contributed by atoms with Gasteiger partial charge in [0.2, 0.25) is 0 Å². The number of hydrogen-bond donors (Lipinski definition) is 4. The van der Waals surface area contributed by atoms with Crippen molar-refractivity contribution in [2.45, 2.75) is 25.3 Å². The van der Waals surface area contributed by atoms with Crippen molar-refractivity contribution in [3.05, 3.63) is 54.1 Å². The Morgan fingerprint density at radius 3 is 2.50 bits per heavy atom. The molecule has 0 fully saturated rings. The van der Waals surface area contributed by atoms with Crippen LogP contribution in [-0.2, 0) is 16.0 Å². The molecule has 0 bridgehead atoms. The molecule has 0 saturated carbocycles. The number of hydrogen-bond acceptors (Lipinski definition) is 7. The van der Waals surface area contributed by atoms with Crippen molar-refractivity contribution in [3.63, 3.8) is 0 Å². The van der Waals surface area contributed by atoms with E-state index in [4.69, 9.17) is 15.3 Å². The molecule has 0 heterocycles. The Morgan fingerprint density at radius 2 is 1.85 bits per heavy atom. The van der Waals surface area contributed by atoms with E-state index in [2.05, 4.69) is 5.43 Å². The molecular formula is C19H24N2O5. The highest BCUT2D eigenvalue weighted by atomic mass is 16.5. The molecule has 2 rings (SSSR count). The van der Waals surface area contributed by atoms with Gasteiger partial charge in [0, 0.05) is 12.8 Å². The second-order valence-corrected chi connectivity index (χ2v) is 6.13. The average molecular weight is 360 g/mol. The molecule has 1 atom stereocenters. The summed E-state index contributed by atoms with van der Waals surface area (Å²) >= 11 is 0. The molecule has 0 amide bonds. The maximum Gasteiger partial charge on any atom is 0.327 e. The topological polar surface area (TPSA) is 114 Å². The van der Waals surface area contributed by atoms with E-state index in [1.807, 2.05) is 30.3 Å². The molecule has 7 heteroatoms. The quantitative estimate of drug-likeness (QED) is 0.177. The number of hydrazine groups is 1. The number of benzene rings is 2. The molecule has 0 saturated heterocycles. The lowest BCUT2D eigenvalue weighted by atomic mass is 9.93. The number of phenolic OH excluding ortho intramolecular Hbond substituents is 2. The summed E-state index contributed by atoms with van der Waals surface area (Å²) in [6.07, 6.45) is 0.734. The van der Waals surface area contributed by atoms with E-state index in [0.717, 1.165) is 5.75 Å². The summed E-state index contributed by atoms with van der Waals surface area (Å²) in [7, 11) is 0. The van der Waals surface area contributed by atoms with E-state index in [9.17, 15) is 15.0 Å². The molecule has 7 nitrogen and oxygen atoms in total. The zero-order valence-electron chi connectivity index (χ0n) is 14.6. The van der Waals surface area contributed by atoms with Gasteiger partial charge in [-0.3, -0.25) is 5.84 Å². The first kappa shape index (κ1) is 19.6. The third-order valence-electron chi connectivity index (χ3n) is 3.90. The molecule has 0 aromatic heterocycles. The highest BCUT2D eigenvalue weighted by Crippen LogP contribution is 2.27. The van der Waals surface area contributed by atoms with Crippen molar-refractivity contribution in [1.29, 1.82) is 0 Å². The number of carbonyl (C=O) groups excluding carboxylic acids is 1. The summed E-state index contributed by atoms with van der Waals surface area (Å²) in [4.78, 5) is 12.4. The molecule has 0 aliphatic heterocycles. The summed E-state index contributed by atoms with van der Waals surface area (Å²) in [5, 5.41) is 18.9. The number of esters is 1. The predicted octanol–water partition coefficient (Wildman–Crippen LogP) is 1.87. The predicted molar refractivity (Wildman–Crippen MR) is 96.7 cm³/mol. The minimum absolute atomic E-state index is 0.191. The van der Waals surface area contributed by atoms with E-state index in [-0.39, 0.29) is 24.5 Å². The largest absolute Gasteiger partial charge is 0.504 e. The second-order valence-electron chi connectivity index (χ2n) is 6.13. The summed E-state index contributed by atoms with van der Waals surface area (Å²) < 4.78 is 10.8. The smallest absolute Gasteiger partial charge is 0.327 e. The van der Waals surface area contributed by atoms with Crippen molar-refractivity contribution in [1.82, 2.24) is 5.43 Å². The van der Waals surface area contributed by atoms with Crippen molar-refractivity contribution < 1.29 is 24.5 Å². The first-order valence-corrected chi connectivity index (χ1v) is 8.28. The van der Waals surface area contributed by atoms with Crippen LogP contribution in [0.3, 0.4) is 0 Å². The van der Waals surface area contributed by atoms with Crippen LogP contribution in [0.2, 0.25) is 0 Å². The van der Waals surface area contributed by atoms with Crippen LogP contribution in [0.4, 0.5) is 0 Å². The van der Waals surface area contributed by atoms with Gasteiger partial charge in [0.1, 0.15) is 11.3 Å². The molecule has 0 aliphatic carbocycles. The summed E-state index contributed by atoms with van der Waals surface area (Å²) in [5.74, 6) is 5.32. The summed E-state index contributed by atoms with van der Waals surface area (Å²) in [6.45, 7) is 2.24. The number of rotatable bonds is 9. The molecule has 0 spiro atoms. The number of phenols is 2. The fourth-order valence-electron chi connectivity index (χ4n) is 2.36. The van der Waals surface area contributed by atoms with Crippen molar-refractivity contribution >= 4 is 5.97 Å². The number of nitrogens with one attached hydrogen (secondary N) is 1. The van der Waals surface area contributed by atoms with E-state index < -0.39 is 11.5 Å². The number of para-hydroxylation sites is 1. The zero-order valence-corrected chi connectivity index (χ0v) is 14.6. The van der Waals surface area contributed by atoms with Gasteiger partial charge in [-0.1, -0.05) is 24.3 Å². The Hall–Kier alpha value is -2.77. The van der Waals surface area contributed by atoms with Gasteiger partial charge in [0.25, 0.3) is 0 Å². The van der Waals surface area contributed by atoms with Gasteiger partial charge in [-0.05, 0) is 36.8 Å². The van der Waals surface area contributed by atoms with Gasteiger partial charge < -0.3 is 19.7 Å². The Morgan fingerprint density at radius 1 is 1.12 bits per heavy atom. The van der Waals surface area contributed by atoms with Crippen LogP contribution in [-0.4, -0.2) is 34.9 Å². The van der Waals surface area contributed by atoms with E-state index >= 15 is 0 Å². The average Bonchev–Trinajstić information content (AvgIpc) is 2.65. The van der Waals surface area contributed by atoms with Crippen molar-refractivity contribution in [2.24, 2.45) is 5.84 Å². The molecule has 2 aromatic carbocycles. The van der Waals surface area contributed by atoms with Gasteiger partial charge in [-0.25, -0.2) is 10.2 Å². The van der Waals surface area contributed by atoms with Crippen molar-refractivity contribution in [3.8, 4) is 17.2 Å². The minimum atomic E-state index is -1.16. The second kappa shape index (κ2) is 9.07. The number of ether oxygens (including phenoxy) is 2. The van der Waals surface area contributed by atoms with Gasteiger partial charge >= 0.3 is 5.97 Å². The van der Waals surface area contributed by atoms with Gasteiger partial charge in [0.15, 0.2) is 11.5 Å². The Kier molecular flexibility index (Phi) is 6.82. The Bertz CT molecular complexity index is 723. The molecule has 140 valence electrons. The van der Waals surface area contributed by atoms with Gasteiger partial charge in [0.05, 0.1) is 13.2 Å². The lowest BCUT2D eigenvalue weighted by Gasteiger charge is -2.26. The van der Waals surface area contributed by atoms with Crippen LogP contribution in [0.15, 0.2) is 48.5 Å². The fourth-order valence-corrected chi connectivity index (χ4v) is 2.36. The first-order valence-electron chi connectivity index (χ1n) is 8.28. The third-order valence-corrected chi connectivity index (χ3v) is 3.90. The number of carbonyl (C=O) groups is 1. The van der Waals surface area contributed by atoms with Crippen LogP contribution in [0.1, 0.15) is 18.9 Å². The van der Waals surface area contributed by atoms with Crippen LogP contribution in [0.5, 0.6) is 17.2 Å². The SMILES string of the molecule is CC(Cc1ccc(O)c(O)c1)(NN)C(=O)OCCCOc1ccccc1. The summed E-state index contributed by atoms with van der Waals surface area (Å²) in [5.41, 5.74) is 1.94. The maximum absolute atomic E-state index is 12.4. The summed E-state index contributed by atoms with van der Waals surface area (Å²) in [6, 6.07) is 13.7. The third kappa shape index (κ3) is 5.37. The van der Waals surface area contributed by atoms with Gasteiger partial charge in [-0.2, -0.15) is 0 Å². The van der Waals surface area contributed by atoms with Crippen LogP contribution < -0.4 is 16.0 Å². The molecule has 26 heavy (non-hydrogen) atoms. The molecule has 2 aromatic rings. The zero-order chi connectivity index (χ0) is 19.0. The molecular weight excluding hydrogens is 336 g/mol. The van der Waals surface area contributed by atoms with Gasteiger partial charge in [-0.15, -0.1) is 0 Å². The van der Waals surface area contributed by atoms with Crippen LogP contribution in [0.25, 0.3) is 0 Å². The lowest BCUT2D eigenvalue weighted by Crippen LogP contribution is -2.55. The Labute approximate surface area is 152 Å². The molecule has 0 aliphatic rings. The first-order chi connectivity index (χ1) is 12.4. The minimum Gasteiger partial charge on any atom is -0.504 e. The highest BCUT2D eigenvalue weighted by Gasteiger charge is 2.34. The fraction of sp³-hybridized carbons (Fsp3) is 0.316. The van der Waals surface area contributed by atoms with Crippen molar-refractivity contribution in [2.75, 3.05) is 13.2 Å². The molecule has 1 unspecified atom stereocenters. The van der Waals surface area contributed by atoms with E-state index in [0.29, 0.717) is 18.6 Å². The van der Waals surface area contributed by atoms with E-state index in [1.54, 1.807) is 13.0 Å². The molecule has 0 radical (unpaired) electrons. The monoisotopic (exact) mass is 360 g/mol. The number of nitrogens with two attached hydrogens (primary N) is 1. The normalized spacial score (nSPS) is 13.0. The number of aromatic hydroxyl groups is 2. The lowest BCUT2D eigenvalue weighted by molar-refractivity contribution is -0.151.